The highest BCUT2D eigenvalue weighted by atomic mass is 16.3. The first-order chi connectivity index (χ1) is 8.96. The number of hydrogen-bond donors (Lipinski definition) is 1. The van der Waals surface area contributed by atoms with E-state index in [0.717, 1.165) is 31.1 Å². The van der Waals surface area contributed by atoms with E-state index >= 15 is 0 Å². The molecule has 0 saturated heterocycles. The smallest absolute Gasteiger partial charge is 0.151 e. The second-order valence-electron chi connectivity index (χ2n) is 5.43. The molecule has 0 aromatic heterocycles. The normalized spacial score (nSPS) is 10.7. The molecule has 19 heavy (non-hydrogen) atoms. The van der Waals surface area contributed by atoms with E-state index in [0.29, 0.717) is 12.0 Å². The largest absolute Gasteiger partial charge is 0.389 e. The Bertz CT molecular complexity index is 484. The van der Waals surface area contributed by atoms with Crippen LogP contribution < -0.4 is 0 Å². The van der Waals surface area contributed by atoms with Crippen LogP contribution in [0, 0.1) is 11.8 Å². The second kappa shape index (κ2) is 7.11. The van der Waals surface area contributed by atoms with Crippen LogP contribution in [0.1, 0.15) is 61.5 Å². The summed E-state index contributed by atoms with van der Waals surface area (Å²) in [4.78, 5) is 11.0. The van der Waals surface area contributed by atoms with Crippen molar-refractivity contribution in [3.05, 3.63) is 34.9 Å². The van der Waals surface area contributed by atoms with Gasteiger partial charge in [-0.1, -0.05) is 37.3 Å². The molecule has 0 aliphatic carbocycles. The summed E-state index contributed by atoms with van der Waals surface area (Å²) in [5.41, 5.74) is 1.78. The fourth-order valence-electron chi connectivity index (χ4n) is 1.71. The van der Waals surface area contributed by atoms with Crippen LogP contribution in [0.15, 0.2) is 18.2 Å². The molecule has 2 heteroatoms. The first kappa shape index (κ1) is 15.5. The minimum Gasteiger partial charge on any atom is -0.389 e. The molecule has 0 spiro atoms. The maximum absolute atomic E-state index is 11.0. The zero-order valence-corrected chi connectivity index (χ0v) is 12.0. The lowest BCUT2D eigenvalue weighted by Gasteiger charge is -2.11. The number of carbonyl (C=O) groups is 1. The minimum absolute atomic E-state index is 0.393. The Hall–Kier alpha value is -1.59. The summed E-state index contributed by atoms with van der Waals surface area (Å²) in [6.45, 7) is 5.60. The molecule has 0 aliphatic heterocycles. The lowest BCUT2D eigenvalue weighted by molar-refractivity contribution is 0.0862. The Morgan fingerprint density at radius 2 is 2.11 bits per heavy atom. The highest BCUT2D eigenvalue weighted by Crippen LogP contribution is 2.13. The molecule has 102 valence electrons. The van der Waals surface area contributed by atoms with Gasteiger partial charge >= 0.3 is 0 Å². The Morgan fingerprint density at radius 3 is 2.68 bits per heavy atom. The molecule has 0 saturated carbocycles. The molecule has 1 aromatic carbocycles. The molecule has 1 N–H and O–H groups in total. The number of hydrogen-bond acceptors (Lipinski definition) is 2. The third-order valence-corrected chi connectivity index (χ3v) is 2.81. The molecule has 0 fully saturated rings. The molecule has 0 atom stereocenters. The Kier molecular flexibility index (Phi) is 5.79. The van der Waals surface area contributed by atoms with E-state index in [1.165, 1.54) is 5.56 Å². The Morgan fingerprint density at radius 1 is 1.37 bits per heavy atom. The molecule has 0 unspecified atom stereocenters. The molecule has 0 radical (unpaired) electrons. The van der Waals surface area contributed by atoms with Gasteiger partial charge < -0.3 is 5.11 Å². The maximum Gasteiger partial charge on any atom is 0.151 e. The van der Waals surface area contributed by atoms with Crippen LogP contribution in [-0.4, -0.2) is 17.0 Å². The SMILES string of the molecule is CCCCc1ccc(C=O)c(C#CCC(C)(C)O)c1. The van der Waals surface area contributed by atoms with Crippen LogP contribution in [-0.2, 0) is 6.42 Å². The van der Waals surface area contributed by atoms with Crippen molar-refractivity contribution in [3.8, 4) is 11.8 Å². The fourth-order valence-corrected chi connectivity index (χ4v) is 1.71. The van der Waals surface area contributed by atoms with Crippen molar-refractivity contribution in [1.29, 1.82) is 0 Å². The van der Waals surface area contributed by atoms with Crippen LogP contribution in [0.4, 0.5) is 0 Å². The summed E-state index contributed by atoms with van der Waals surface area (Å²) in [6.07, 6.45) is 4.52. The van der Waals surface area contributed by atoms with Crippen molar-refractivity contribution < 1.29 is 9.90 Å². The van der Waals surface area contributed by atoms with Gasteiger partial charge in [-0.3, -0.25) is 4.79 Å². The number of carbonyl (C=O) groups excluding carboxylic acids is 1. The van der Waals surface area contributed by atoms with Crippen molar-refractivity contribution in [3.63, 3.8) is 0 Å². The fraction of sp³-hybridized carbons (Fsp3) is 0.471. The van der Waals surface area contributed by atoms with Crippen LogP contribution in [0.5, 0.6) is 0 Å². The maximum atomic E-state index is 11.0. The van der Waals surface area contributed by atoms with Gasteiger partial charge in [0, 0.05) is 17.5 Å². The number of rotatable bonds is 5. The van der Waals surface area contributed by atoms with Crippen LogP contribution in [0.25, 0.3) is 0 Å². The number of aldehydes is 1. The average molecular weight is 258 g/mol. The molecular formula is C17H22O2. The van der Waals surface area contributed by atoms with Gasteiger partial charge in [-0.25, -0.2) is 0 Å². The quantitative estimate of drug-likeness (QED) is 0.649. The van der Waals surface area contributed by atoms with E-state index in [4.69, 9.17) is 0 Å². The van der Waals surface area contributed by atoms with Crippen LogP contribution in [0.3, 0.4) is 0 Å². The van der Waals surface area contributed by atoms with Gasteiger partial charge in [0.05, 0.1) is 5.60 Å². The molecular weight excluding hydrogens is 236 g/mol. The van der Waals surface area contributed by atoms with Gasteiger partial charge in [0.2, 0.25) is 0 Å². The summed E-state index contributed by atoms with van der Waals surface area (Å²) < 4.78 is 0. The van der Waals surface area contributed by atoms with E-state index in [1.807, 2.05) is 18.2 Å². The number of aliphatic hydroxyl groups is 1. The number of unbranched alkanes of at least 4 members (excludes halogenated alkanes) is 1. The van der Waals surface area contributed by atoms with E-state index in [9.17, 15) is 9.90 Å². The van der Waals surface area contributed by atoms with E-state index in [-0.39, 0.29) is 0 Å². The first-order valence-corrected chi connectivity index (χ1v) is 6.75. The summed E-state index contributed by atoms with van der Waals surface area (Å²) in [7, 11) is 0. The summed E-state index contributed by atoms with van der Waals surface area (Å²) in [6, 6.07) is 5.80. The molecule has 0 heterocycles. The summed E-state index contributed by atoms with van der Waals surface area (Å²) in [5, 5.41) is 9.62. The second-order valence-corrected chi connectivity index (χ2v) is 5.43. The third kappa shape index (κ3) is 5.72. The van der Waals surface area contributed by atoms with Gasteiger partial charge in [-0.15, -0.1) is 0 Å². The van der Waals surface area contributed by atoms with E-state index in [1.54, 1.807) is 13.8 Å². The van der Waals surface area contributed by atoms with Gasteiger partial charge in [-0.05, 0) is 38.3 Å². The van der Waals surface area contributed by atoms with Gasteiger partial charge in [0.1, 0.15) is 0 Å². The molecule has 0 amide bonds. The van der Waals surface area contributed by atoms with Crippen molar-refractivity contribution in [2.45, 2.75) is 52.1 Å². The van der Waals surface area contributed by atoms with Crippen molar-refractivity contribution >= 4 is 6.29 Å². The zero-order chi connectivity index (χ0) is 14.3. The van der Waals surface area contributed by atoms with Crippen molar-refractivity contribution in [1.82, 2.24) is 0 Å². The lowest BCUT2D eigenvalue weighted by atomic mass is 10.0. The molecule has 0 aliphatic rings. The van der Waals surface area contributed by atoms with E-state index < -0.39 is 5.60 Å². The highest BCUT2D eigenvalue weighted by molar-refractivity contribution is 5.79. The predicted molar refractivity (Wildman–Crippen MR) is 78.2 cm³/mol. The Balaban J connectivity index is 2.92. The van der Waals surface area contributed by atoms with Crippen LogP contribution >= 0.6 is 0 Å². The Labute approximate surface area is 115 Å². The molecule has 0 bridgehead atoms. The lowest BCUT2D eigenvalue weighted by Crippen LogP contribution is -2.16. The van der Waals surface area contributed by atoms with Crippen molar-refractivity contribution in [2.24, 2.45) is 0 Å². The standard InChI is InChI=1S/C17H22O2/c1-4-5-7-14-9-10-16(13-18)15(12-14)8-6-11-17(2,3)19/h9-10,12-13,19H,4-5,7,11H2,1-3H3. The molecule has 1 rings (SSSR count). The van der Waals surface area contributed by atoms with Gasteiger partial charge in [-0.2, -0.15) is 0 Å². The van der Waals surface area contributed by atoms with Gasteiger partial charge in [0.25, 0.3) is 0 Å². The summed E-state index contributed by atoms with van der Waals surface area (Å²) >= 11 is 0. The summed E-state index contributed by atoms with van der Waals surface area (Å²) in [5.74, 6) is 5.94. The first-order valence-electron chi connectivity index (χ1n) is 6.75. The number of benzene rings is 1. The van der Waals surface area contributed by atoms with E-state index in [2.05, 4.69) is 18.8 Å². The predicted octanol–water partition coefficient (Wildman–Crippen LogP) is 3.35. The monoisotopic (exact) mass is 258 g/mol. The molecule has 2 nitrogen and oxygen atoms in total. The topological polar surface area (TPSA) is 37.3 Å². The minimum atomic E-state index is -0.797. The third-order valence-electron chi connectivity index (χ3n) is 2.81. The molecule has 1 aromatic rings. The van der Waals surface area contributed by atoms with Crippen molar-refractivity contribution in [2.75, 3.05) is 0 Å². The zero-order valence-electron chi connectivity index (χ0n) is 12.0. The highest BCUT2D eigenvalue weighted by Gasteiger charge is 2.09. The van der Waals surface area contributed by atoms with Gasteiger partial charge in [0.15, 0.2) is 6.29 Å². The number of aryl methyl sites for hydroxylation is 1. The average Bonchev–Trinajstić information content (AvgIpc) is 2.35. The van der Waals surface area contributed by atoms with Crippen LogP contribution in [0.2, 0.25) is 0 Å².